The van der Waals surface area contributed by atoms with E-state index in [0.717, 1.165) is 0 Å². The van der Waals surface area contributed by atoms with Gasteiger partial charge in [0.25, 0.3) is 0 Å². The maximum atomic E-state index is 10.2. The second kappa shape index (κ2) is 3.32. The van der Waals surface area contributed by atoms with Crippen LogP contribution in [-0.4, -0.2) is 41.5 Å². The van der Waals surface area contributed by atoms with Crippen molar-refractivity contribution in [2.24, 2.45) is 0 Å². The zero-order chi connectivity index (χ0) is 7.49. The average Bonchev–Trinajstić information content (AvgIpc) is 1.59. The van der Waals surface area contributed by atoms with E-state index in [4.69, 9.17) is 9.79 Å². The van der Waals surface area contributed by atoms with Crippen LogP contribution >= 0.6 is 7.60 Å². The Morgan fingerprint density at radius 3 is 2.00 bits per heavy atom. The lowest BCUT2D eigenvalue weighted by molar-refractivity contribution is 0.356. The van der Waals surface area contributed by atoms with Crippen molar-refractivity contribution < 1.29 is 14.4 Å². The molecule has 0 heterocycles. The molecule has 0 bridgehead atoms. The predicted molar refractivity (Wildman–Crippen MR) is 35.5 cm³/mol. The zero-order valence-corrected chi connectivity index (χ0v) is 6.51. The second-order valence-corrected chi connectivity index (χ2v) is 3.97. The molecule has 0 aromatic heterocycles. The zero-order valence-electron chi connectivity index (χ0n) is 5.61. The summed E-state index contributed by atoms with van der Waals surface area (Å²) >= 11 is 0. The van der Waals surface area contributed by atoms with Crippen molar-refractivity contribution in [3.63, 3.8) is 0 Å². The number of hydrogen-bond acceptors (Lipinski definition) is 2. The summed E-state index contributed by atoms with van der Waals surface area (Å²) in [6.45, 7) is 0.435. The first kappa shape index (κ1) is 9.11. The topological polar surface area (TPSA) is 60.8 Å². The molecule has 0 amide bonds. The summed E-state index contributed by atoms with van der Waals surface area (Å²) in [6, 6.07) is 0. The molecular formula is C4H12NO3P. The highest BCUT2D eigenvalue weighted by Crippen LogP contribution is 2.33. The Kier molecular flexibility index (Phi) is 3.36. The molecule has 0 aromatic rings. The van der Waals surface area contributed by atoms with Gasteiger partial charge in [-0.2, -0.15) is 0 Å². The smallest absolute Gasteiger partial charge is 0.324 e. The van der Waals surface area contributed by atoms with Crippen molar-refractivity contribution in [1.82, 2.24) is 4.90 Å². The Morgan fingerprint density at radius 2 is 1.89 bits per heavy atom. The minimum Gasteiger partial charge on any atom is -0.324 e. The van der Waals surface area contributed by atoms with Crippen LogP contribution in [-0.2, 0) is 4.57 Å². The molecule has 0 fully saturated rings. The van der Waals surface area contributed by atoms with E-state index in [9.17, 15) is 4.57 Å². The standard InChI is InChI=1S/C4H12NO3P/c1-5(2)3-4-9(6,7)8/h3-4H2,1-2H3,(H2,6,7,8). The first-order valence-electron chi connectivity index (χ1n) is 2.61. The summed E-state index contributed by atoms with van der Waals surface area (Å²) in [4.78, 5) is 18.4. The number of rotatable bonds is 3. The summed E-state index contributed by atoms with van der Waals surface area (Å²) < 4.78 is 10.2. The van der Waals surface area contributed by atoms with Crippen LogP contribution in [0.15, 0.2) is 0 Å². The molecule has 0 radical (unpaired) electrons. The van der Waals surface area contributed by atoms with Gasteiger partial charge in [0.05, 0.1) is 6.16 Å². The van der Waals surface area contributed by atoms with Crippen molar-refractivity contribution in [3.05, 3.63) is 0 Å². The number of hydrogen-bond donors (Lipinski definition) is 2. The highest BCUT2D eigenvalue weighted by molar-refractivity contribution is 7.51. The SMILES string of the molecule is CN(C)CCP(=O)(O)O. The van der Waals surface area contributed by atoms with Crippen LogP contribution in [0.25, 0.3) is 0 Å². The van der Waals surface area contributed by atoms with E-state index in [0.29, 0.717) is 6.54 Å². The van der Waals surface area contributed by atoms with Crippen LogP contribution in [0.5, 0.6) is 0 Å². The molecule has 56 valence electrons. The summed E-state index contributed by atoms with van der Waals surface area (Å²) in [5.74, 6) is 0. The minimum absolute atomic E-state index is 0.0556. The molecule has 5 heteroatoms. The maximum absolute atomic E-state index is 10.2. The second-order valence-electron chi connectivity index (χ2n) is 2.19. The van der Waals surface area contributed by atoms with Gasteiger partial charge < -0.3 is 14.7 Å². The summed E-state index contributed by atoms with van der Waals surface area (Å²) in [6.07, 6.45) is -0.0556. The van der Waals surface area contributed by atoms with Gasteiger partial charge in [0.15, 0.2) is 0 Å². The van der Waals surface area contributed by atoms with Gasteiger partial charge in [-0.05, 0) is 14.1 Å². The average molecular weight is 153 g/mol. The van der Waals surface area contributed by atoms with Crippen molar-refractivity contribution in [2.75, 3.05) is 26.8 Å². The summed E-state index contributed by atoms with van der Waals surface area (Å²) in [5, 5.41) is 0. The summed E-state index contributed by atoms with van der Waals surface area (Å²) in [5.41, 5.74) is 0. The Labute approximate surface area is 54.6 Å². The van der Waals surface area contributed by atoms with E-state index in [-0.39, 0.29) is 6.16 Å². The highest BCUT2D eigenvalue weighted by Gasteiger charge is 2.11. The van der Waals surface area contributed by atoms with Crippen LogP contribution in [0.3, 0.4) is 0 Å². The molecule has 0 saturated heterocycles. The van der Waals surface area contributed by atoms with Gasteiger partial charge in [-0.25, -0.2) is 0 Å². The van der Waals surface area contributed by atoms with Crippen molar-refractivity contribution in [1.29, 1.82) is 0 Å². The third kappa shape index (κ3) is 8.11. The molecule has 0 aliphatic heterocycles. The Morgan fingerprint density at radius 1 is 1.44 bits per heavy atom. The molecule has 0 unspecified atom stereocenters. The highest BCUT2D eigenvalue weighted by atomic mass is 31.2. The molecule has 0 atom stereocenters. The van der Waals surface area contributed by atoms with E-state index in [1.54, 1.807) is 19.0 Å². The molecule has 0 aliphatic rings. The molecule has 0 spiro atoms. The molecule has 0 aromatic carbocycles. The lowest BCUT2D eigenvalue weighted by Crippen LogP contribution is -2.16. The molecule has 2 N–H and O–H groups in total. The lowest BCUT2D eigenvalue weighted by Gasteiger charge is -2.09. The van der Waals surface area contributed by atoms with Gasteiger partial charge in [0.1, 0.15) is 0 Å². The van der Waals surface area contributed by atoms with Gasteiger partial charge in [0, 0.05) is 6.54 Å². The van der Waals surface area contributed by atoms with Gasteiger partial charge in [-0.3, -0.25) is 4.57 Å². The van der Waals surface area contributed by atoms with Crippen LogP contribution in [0.2, 0.25) is 0 Å². The third-order valence-corrected chi connectivity index (χ3v) is 1.62. The fraction of sp³-hybridized carbons (Fsp3) is 1.00. The molecule has 0 aliphatic carbocycles. The normalized spacial score (nSPS) is 12.6. The van der Waals surface area contributed by atoms with Gasteiger partial charge in [0.2, 0.25) is 0 Å². The van der Waals surface area contributed by atoms with Gasteiger partial charge in [-0.1, -0.05) is 0 Å². The molecule has 0 rings (SSSR count). The van der Waals surface area contributed by atoms with Crippen molar-refractivity contribution >= 4 is 7.60 Å². The molecule has 9 heavy (non-hydrogen) atoms. The van der Waals surface area contributed by atoms with E-state index in [1.807, 2.05) is 0 Å². The van der Waals surface area contributed by atoms with Crippen molar-refractivity contribution in [2.45, 2.75) is 0 Å². The summed E-state index contributed by atoms with van der Waals surface area (Å²) in [7, 11) is -0.214. The fourth-order valence-electron chi connectivity index (χ4n) is 0.330. The molecule has 4 nitrogen and oxygen atoms in total. The van der Waals surface area contributed by atoms with Crippen LogP contribution in [0.4, 0.5) is 0 Å². The minimum atomic E-state index is -3.76. The Hall–Kier alpha value is 0.110. The van der Waals surface area contributed by atoms with Crippen LogP contribution in [0.1, 0.15) is 0 Å². The van der Waals surface area contributed by atoms with E-state index >= 15 is 0 Å². The number of nitrogens with zero attached hydrogens (tertiary/aromatic N) is 1. The first-order chi connectivity index (χ1) is 3.92. The van der Waals surface area contributed by atoms with Crippen LogP contribution in [0, 0.1) is 0 Å². The Bertz CT molecular complexity index is 119. The lowest BCUT2D eigenvalue weighted by atomic mass is 10.7. The predicted octanol–water partition coefficient (Wildman–Crippen LogP) is -0.274. The van der Waals surface area contributed by atoms with E-state index < -0.39 is 7.60 Å². The molecular weight excluding hydrogens is 141 g/mol. The quantitative estimate of drug-likeness (QED) is 0.548. The van der Waals surface area contributed by atoms with E-state index in [2.05, 4.69) is 0 Å². The Balaban J connectivity index is 3.40. The van der Waals surface area contributed by atoms with Gasteiger partial charge in [-0.15, -0.1) is 0 Å². The van der Waals surface area contributed by atoms with Crippen LogP contribution < -0.4 is 0 Å². The monoisotopic (exact) mass is 153 g/mol. The van der Waals surface area contributed by atoms with Crippen molar-refractivity contribution in [3.8, 4) is 0 Å². The maximum Gasteiger partial charge on any atom is 0.326 e. The molecule has 0 saturated carbocycles. The largest absolute Gasteiger partial charge is 0.326 e. The fourth-order valence-corrected chi connectivity index (χ4v) is 0.991. The van der Waals surface area contributed by atoms with E-state index in [1.165, 1.54) is 0 Å². The van der Waals surface area contributed by atoms with Gasteiger partial charge >= 0.3 is 7.60 Å². The third-order valence-electron chi connectivity index (χ3n) is 0.839. The first-order valence-corrected chi connectivity index (χ1v) is 4.41.